The van der Waals surface area contributed by atoms with E-state index in [1.54, 1.807) is 0 Å². The van der Waals surface area contributed by atoms with Gasteiger partial charge in [0, 0.05) is 24.7 Å². The number of nitriles is 1. The molecule has 1 aliphatic heterocycles. The molecule has 1 fully saturated rings. The van der Waals surface area contributed by atoms with Gasteiger partial charge in [0.05, 0.1) is 12.6 Å². The van der Waals surface area contributed by atoms with Crippen molar-refractivity contribution in [2.75, 3.05) is 19.6 Å². The van der Waals surface area contributed by atoms with Crippen LogP contribution in [0, 0.1) is 32.1 Å². The highest BCUT2D eigenvalue weighted by Gasteiger charge is 2.22. The lowest BCUT2D eigenvalue weighted by Crippen LogP contribution is -2.45. The van der Waals surface area contributed by atoms with Crippen LogP contribution >= 0.6 is 0 Å². The lowest BCUT2D eigenvalue weighted by atomic mass is 9.98. The molecule has 0 aromatic heterocycles. The van der Waals surface area contributed by atoms with E-state index in [2.05, 4.69) is 28.4 Å². The number of nitrogens with zero attached hydrogens (tertiary/aromatic N) is 2. The second-order valence-electron chi connectivity index (χ2n) is 5.96. The predicted molar refractivity (Wildman–Crippen MR) is 83.2 cm³/mol. The molecule has 1 aromatic carbocycles. The second-order valence-corrected chi connectivity index (χ2v) is 5.96. The van der Waals surface area contributed by atoms with Gasteiger partial charge in [-0.15, -0.1) is 0 Å². The Labute approximate surface area is 126 Å². The third kappa shape index (κ3) is 3.83. The molecule has 2 rings (SSSR count). The first-order chi connectivity index (χ1) is 10.0. The summed E-state index contributed by atoms with van der Waals surface area (Å²) < 4.78 is 0. The van der Waals surface area contributed by atoms with E-state index in [9.17, 15) is 4.79 Å². The van der Waals surface area contributed by atoms with Gasteiger partial charge in [-0.25, -0.2) is 0 Å². The molecule has 0 saturated carbocycles. The van der Waals surface area contributed by atoms with Crippen molar-refractivity contribution in [1.29, 1.82) is 5.26 Å². The lowest BCUT2D eigenvalue weighted by molar-refractivity contribution is 0.0913. The molecule has 1 saturated heterocycles. The minimum Gasteiger partial charge on any atom is -0.349 e. The van der Waals surface area contributed by atoms with Gasteiger partial charge >= 0.3 is 0 Å². The number of carbonyl (C=O) groups excluding carboxylic acids is 1. The molecule has 0 radical (unpaired) electrons. The van der Waals surface area contributed by atoms with Gasteiger partial charge in [-0.1, -0.05) is 17.7 Å². The number of rotatable bonds is 3. The molecule has 4 nitrogen and oxygen atoms in total. The highest BCUT2D eigenvalue weighted by Crippen LogP contribution is 2.17. The van der Waals surface area contributed by atoms with Crippen LogP contribution in [0.5, 0.6) is 0 Å². The Morgan fingerprint density at radius 2 is 1.86 bits per heavy atom. The maximum absolute atomic E-state index is 12.5. The Balaban J connectivity index is 1.99. The van der Waals surface area contributed by atoms with Crippen molar-refractivity contribution < 1.29 is 4.79 Å². The molecule has 0 spiro atoms. The summed E-state index contributed by atoms with van der Waals surface area (Å²) in [6, 6.07) is 6.50. The fourth-order valence-electron chi connectivity index (χ4n) is 3.13. The summed E-state index contributed by atoms with van der Waals surface area (Å²) >= 11 is 0. The summed E-state index contributed by atoms with van der Waals surface area (Å²) in [5.74, 6) is 0.0312. The number of likely N-dealkylation sites (tertiary alicyclic amines) is 1. The zero-order valence-electron chi connectivity index (χ0n) is 13.1. The van der Waals surface area contributed by atoms with E-state index in [1.165, 1.54) is 5.56 Å². The zero-order chi connectivity index (χ0) is 15.4. The van der Waals surface area contributed by atoms with E-state index in [0.29, 0.717) is 6.54 Å². The van der Waals surface area contributed by atoms with Gasteiger partial charge in [-0.3, -0.25) is 9.69 Å². The van der Waals surface area contributed by atoms with Crippen LogP contribution in [0.25, 0.3) is 0 Å². The third-order valence-electron chi connectivity index (χ3n) is 4.12. The molecular weight excluding hydrogens is 262 g/mol. The van der Waals surface area contributed by atoms with Gasteiger partial charge < -0.3 is 5.32 Å². The van der Waals surface area contributed by atoms with E-state index in [-0.39, 0.29) is 11.9 Å². The molecule has 0 bridgehead atoms. The lowest BCUT2D eigenvalue weighted by Gasteiger charge is -2.31. The molecule has 1 amide bonds. The van der Waals surface area contributed by atoms with Crippen molar-refractivity contribution in [2.45, 2.75) is 39.7 Å². The van der Waals surface area contributed by atoms with Gasteiger partial charge in [-0.05, 0) is 44.7 Å². The van der Waals surface area contributed by atoms with Gasteiger partial charge in [-0.2, -0.15) is 5.26 Å². The molecule has 0 aliphatic carbocycles. The first kappa shape index (κ1) is 15.5. The average Bonchev–Trinajstić information content (AvgIpc) is 2.40. The summed E-state index contributed by atoms with van der Waals surface area (Å²) in [5, 5.41) is 11.9. The fraction of sp³-hybridized carbons (Fsp3) is 0.529. The summed E-state index contributed by atoms with van der Waals surface area (Å²) in [7, 11) is 0. The molecule has 112 valence electrons. The van der Waals surface area contributed by atoms with E-state index >= 15 is 0 Å². The van der Waals surface area contributed by atoms with Crippen LogP contribution in [0.4, 0.5) is 0 Å². The number of hydrogen-bond donors (Lipinski definition) is 1. The number of hydrogen-bond acceptors (Lipinski definition) is 3. The maximum atomic E-state index is 12.5. The van der Waals surface area contributed by atoms with Crippen molar-refractivity contribution >= 4 is 5.91 Å². The minimum absolute atomic E-state index is 0.0312. The molecule has 0 atom stereocenters. The number of carbonyl (C=O) groups is 1. The molecule has 1 aliphatic rings. The Hall–Kier alpha value is -1.86. The largest absolute Gasteiger partial charge is 0.349 e. The van der Waals surface area contributed by atoms with E-state index < -0.39 is 0 Å². The number of aryl methyl sites for hydroxylation is 3. The first-order valence-electron chi connectivity index (χ1n) is 7.49. The van der Waals surface area contributed by atoms with Crippen LogP contribution in [0.2, 0.25) is 0 Å². The number of piperidine rings is 1. The Bertz CT molecular complexity index is 543. The molecule has 1 aromatic rings. The standard InChI is InChI=1S/C17H23N3O/c1-12-10-13(2)16(14(3)11-12)17(21)19-15-4-7-20(8-5-15)9-6-18/h10-11,15H,4-5,7-9H2,1-3H3,(H,19,21). The average molecular weight is 285 g/mol. The van der Waals surface area contributed by atoms with E-state index in [1.807, 2.05) is 20.8 Å². The van der Waals surface area contributed by atoms with Crippen molar-refractivity contribution in [1.82, 2.24) is 10.2 Å². The predicted octanol–water partition coefficient (Wildman–Crippen LogP) is 2.33. The highest BCUT2D eigenvalue weighted by molar-refractivity contribution is 5.97. The number of nitrogens with one attached hydrogen (secondary N) is 1. The van der Waals surface area contributed by atoms with Gasteiger partial charge in [0.1, 0.15) is 0 Å². The van der Waals surface area contributed by atoms with Crippen molar-refractivity contribution in [2.24, 2.45) is 0 Å². The Morgan fingerprint density at radius 1 is 1.29 bits per heavy atom. The normalized spacial score (nSPS) is 16.5. The monoisotopic (exact) mass is 285 g/mol. The first-order valence-corrected chi connectivity index (χ1v) is 7.49. The topological polar surface area (TPSA) is 56.1 Å². The van der Waals surface area contributed by atoms with Crippen molar-refractivity contribution in [3.63, 3.8) is 0 Å². The summed E-state index contributed by atoms with van der Waals surface area (Å²) in [6.07, 6.45) is 1.83. The van der Waals surface area contributed by atoms with Crippen LogP contribution in [-0.4, -0.2) is 36.5 Å². The van der Waals surface area contributed by atoms with Gasteiger partial charge in [0.15, 0.2) is 0 Å². The Kier molecular flexibility index (Phi) is 4.98. The molecule has 1 N–H and O–H groups in total. The molecule has 1 heterocycles. The van der Waals surface area contributed by atoms with Crippen LogP contribution in [0.1, 0.15) is 39.9 Å². The minimum atomic E-state index is 0.0312. The van der Waals surface area contributed by atoms with Crippen LogP contribution < -0.4 is 5.32 Å². The molecule has 0 unspecified atom stereocenters. The fourth-order valence-corrected chi connectivity index (χ4v) is 3.13. The maximum Gasteiger partial charge on any atom is 0.252 e. The van der Waals surface area contributed by atoms with Crippen LogP contribution in [0.15, 0.2) is 12.1 Å². The van der Waals surface area contributed by atoms with Crippen LogP contribution in [-0.2, 0) is 0 Å². The molecular formula is C17H23N3O. The second kappa shape index (κ2) is 6.73. The third-order valence-corrected chi connectivity index (χ3v) is 4.12. The zero-order valence-corrected chi connectivity index (χ0v) is 13.1. The summed E-state index contributed by atoms with van der Waals surface area (Å²) in [4.78, 5) is 14.6. The smallest absolute Gasteiger partial charge is 0.252 e. The SMILES string of the molecule is Cc1cc(C)c(C(=O)NC2CCN(CC#N)CC2)c(C)c1. The summed E-state index contributed by atoms with van der Waals surface area (Å²) in [6.45, 7) is 8.27. The van der Waals surface area contributed by atoms with Crippen molar-refractivity contribution in [3.8, 4) is 6.07 Å². The number of benzene rings is 1. The highest BCUT2D eigenvalue weighted by atomic mass is 16.1. The van der Waals surface area contributed by atoms with Crippen LogP contribution in [0.3, 0.4) is 0 Å². The van der Waals surface area contributed by atoms with E-state index in [0.717, 1.165) is 42.6 Å². The van der Waals surface area contributed by atoms with Gasteiger partial charge in [0.25, 0.3) is 5.91 Å². The molecule has 21 heavy (non-hydrogen) atoms. The van der Waals surface area contributed by atoms with Crippen molar-refractivity contribution in [3.05, 3.63) is 34.4 Å². The quantitative estimate of drug-likeness (QED) is 0.867. The molecule has 4 heteroatoms. The summed E-state index contributed by atoms with van der Waals surface area (Å²) in [5.41, 5.74) is 4.06. The number of amides is 1. The Morgan fingerprint density at radius 3 is 2.38 bits per heavy atom. The van der Waals surface area contributed by atoms with Gasteiger partial charge in [0.2, 0.25) is 0 Å². The van der Waals surface area contributed by atoms with E-state index in [4.69, 9.17) is 5.26 Å².